The highest BCUT2D eigenvalue weighted by Gasteiger charge is 2.29. The van der Waals surface area contributed by atoms with Gasteiger partial charge in [0.05, 0.1) is 26.6 Å². The molecule has 1 aliphatic heterocycles. The first-order chi connectivity index (χ1) is 20.8. The predicted octanol–water partition coefficient (Wildman–Crippen LogP) is 6.27. The number of benzene rings is 2. The zero-order chi connectivity index (χ0) is 31.8. The van der Waals surface area contributed by atoms with Crippen LogP contribution in [-0.4, -0.2) is 58.6 Å². The molecule has 0 radical (unpaired) electrons. The zero-order valence-electron chi connectivity index (χ0n) is 23.8. The van der Waals surface area contributed by atoms with E-state index in [9.17, 15) is 22.8 Å². The van der Waals surface area contributed by atoms with E-state index < -0.39 is 30.0 Å². The Morgan fingerprint density at radius 1 is 1.14 bits per heavy atom. The van der Waals surface area contributed by atoms with E-state index in [-0.39, 0.29) is 17.8 Å². The summed E-state index contributed by atoms with van der Waals surface area (Å²) in [6, 6.07) is 11.0. The molecule has 1 atom stereocenters. The summed E-state index contributed by atoms with van der Waals surface area (Å²) >= 11 is 3.52. The average Bonchev–Trinajstić information content (AvgIpc) is 3.53. The molecule has 2 amide bonds. The van der Waals surface area contributed by atoms with Crippen LogP contribution in [-0.2, 0) is 11.8 Å². The number of halogens is 5. The fourth-order valence-corrected chi connectivity index (χ4v) is 6.05. The third kappa shape index (κ3) is 6.48. The lowest BCUT2D eigenvalue weighted by atomic mass is 9.97. The van der Waals surface area contributed by atoms with Crippen LogP contribution in [0.15, 0.2) is 65.3 Å². The molecule has 4 aromatic rings. The summed E-state index contributed by atoms with van der Waals surface area (Å²) in [5.41, 5.74) is 9.22. The second-order valence-corrected chi connectivity index (χ2v) is 11.5. The molecule has 0 spiro atoms. The molecule has 13 heteroatoms. The van der Waals surface area contributed by atoms with E-state index >= 15 is 4.39 Å². The standard InChI is InChI=1S/C31H29BrF4N6O2/c1-41-13-3-4-20(41)10-12-24(43)40-19-8-5-17(6-9-19)27-25(26-28(42(27)2)22(32)15-38-29(26)37)18-7-11-21(23(33)14-18)30(44)39-16-31(34,35)36/h5-12,14-15,20H,3-4,13,16H2,1-2H3,(H2,37,38)(H,39,44)(H,40,43)/b12-10+/t20-/m1/s1. The molecule has 1 saturated heterocycles. The van der Waals surface area contributed by atoms with Crippen molar-refractivity contribution in [3.8, 4) is 22.4 Å². The molecule has 0 aliphatic carbocycles. The third-order valence-electron chi connectivity index (χ3n) is 7.62. The number of fused-ring (bicyclic) bond motifs is 1. The van der Waals surface area contributed by atoms with Crippen molar-refractivity contribution in [2.24, 2.45) is 7.05 Å². The van der Waals surface area contributed by atoms with E-state index in [0.29, 0.717) is 43.4 Å². The first kappa shape index (κ1) is 31.2. The number of carbonyl (C=O) groups excluding carboxylic acids is 2. The smallest absolute Gasteiger partial charge is 0.383 e. The molecular weight excluding hydrogens is 644 g/mol. The molecule has 1 aliphatic rings. The van der Waals surface area contributed by atoms with E-state index in [4.69, 9.17) is 5.73 Å². The van der Waals surface area contributed by atoms with Gasteiger partial charge < -0.3 is 20.9 Å². The van der Waals surface area contributed by atoms with Gasteiger partial charge in [-0.05, 0) is 77.8 Å². The van der Waals surface area contributed by atoms with Gasteiger partial charge in [-0.15, -0.1) is 0 Å². The van der Waals surface area contributed by atoms with Crippen LogP contribution in [0.25, 0.3) is 33.3 Å². The van der Waals surface area contributed by atoms with Crippen LogP contribution >= 0.6 is 15.9 Å². The molecule has 3 heterocycles. The summed E-state index contributed by atoms with van der Waals surface area (Å²) in [5.74, 6) is -2.25. The number of nitrogen functional groups attached to an aromatic ring is 1. The molecule has 5 rings (SSSR count). The number of nitrogens with zero attached hydrogens (tertiary/aromatic N) is 3. The highest BCUT2D eigenvalue weighted by atomic mass is 79.9. The van der Waals surface area contributed by atoms with E-state index in [2.05, 4.69) is 31.1 Å². The number of amides is 2. The Morgan fingerprint density at radius 3 is 2.48 bits per heavy atom. The van der Waals surface area contributed by atoms with E-state index in [1.165, 1.54) is 12.1 Å². The van der Waals surface area contributed by atoms with Crippen LogP contribution in [0.3, 0.4) is 0 Å². The Balaban J connectivity index is 1.50. The van der Waals surface area contributed by atoms with Gasteiger partial charge in [-0.1, -0.05) is 24.3 Å². The number of hydrogen-bond donors (Lipinski definition) is 3. The molecule has 2 aromatic carbocycles. The number of likely N-dealkylation sites (tertiary alicyclic amines) is 1. The second-order valence-electron chi connectivity index (χ2n) is 10.6. The monoisotopic (exact) mass is 672 g/mol. The molecule has 0 bridgehead atoms. The summed E-state index contributed by atoms with van der Waals surface area (Å²) in [5, 5.41) is 5.07. The number of hydrogen-bond acceptors (Lipinski definition) is 5. The van der Waals surface area contributed by atoms with Gasteiger partial charge in [-0.25, -0.2) is 9.37 Å². The van der Waals surface area contributed by atoms with Crippen molar-refractivity contribution < 1.29 is 27.2 Å². The average molecular weight is 674 g/mol. The van der Waals surface area contributed by atoms with Crippen molar-refractivity contribution in [1.82, 2.24) is 19.8 Å². The SMILES string of the molecule is CN1CCC[C@@H]1/C=C/C(=O)Nc1ccc(-c2c(-c3ccc(C(=O)NCC(F)(F)F)c(F)c3)c3c(N)ncc(Br)c3n2C)cc1. The lowest BCUT2D eigenvalue weighted by Crippen LogP contribution is -2.34. The lowest BCUT2D eigenvalue weighted by Gasteiger charge is -2.14. The number of rotatable bonds is 7. The summed E-state index contributed by atoms with van der Waals surface area (Å²) < 4.78 is 55.5. The number of nitrogens with one attached hydrogen (secondary N) is 2. The Kier molecular flexibility index (Phi) is 8.80. The summed E-state index contributed by atoms with van der Waals surface area (Å²) in [7, 11) is 3.83. The fraction of sp³-hybridized carbons (Fsp3) is 0.258. The quantitative estimate of drug-likeness (QED) is 0.159. The number of nitrogens with two attached hydrogens (primary N) is 1. The second kappa shape index (κ2) is 12.4. The molecular formula is C31H29BrF4N6O2. The molecule has 0 saturated carbocycles. The fourth-order valence-electron chi connectivity index (χ4n) is 5.49. The molecule has 0 unspecified atom stereocenters. The topological polar surface area (TPSA) is 105 Å². The van der Waals surface area contributed by atoms with E-state index in [1.54, 1.807) is 42.8 Å². The van der Waals surface area contributed by atoms with Crippen molar-refractivity contribution in [2.45, 2.75) is 25.1 Å². The lowest BCUT2D eigenvalue weighted by molar-refractivity contribution is -0.123. The Bertz CT molecular complexity index is 1770. The maximum atomic E-state index is 15.2. The molecule has 1 fully saturated rings. The van der Waals surface area contributed by atoms with E-state index in [1.807, 2.05) is 17.7 Å². The highest BCUT2D eigenvalue weighted by Crippen LogP contribution is 2.44. The highest BCUT2D eigenvalue weighted by molar-refractivity contribution is 9.10. The molecule has 2 aromatic heterocycles. The van der Waals surface area contributed by atoms with Crippen LogP contribution in [0, 0.1) is 5.82 Å². The Morgan fingerprint density at radius 2 is 1.84 bits per heavy atom. The van der Waals surface area contributed by atoms with E-state index in [0.717, 1.165) is 31.5 Å². The first-order valence-corrected chi connectivity index (χ1v) is 14.5. The number of alkyl halides is 3. The van der Waals surface area contributed by atoms with Gasteiger partial charge >= 0.3 is 6.18 Å². The van der Waals surface area contributed by atoms with Gasteiger partial charge in [-0.3, -0.25) is 14.5 Å². The van der Waals surface area contributed by atoms with Crippen LogP contribution in [0.5, 0.6) is 0 Å². The van der Waals surface area contributed by atoms with Crippen LogP contribution in [0.4, 0.5) is 29.1 Å². The van der Waals surface area contributed by atoms with Crippen LogP contribution in [0.2, 0.25) is 0 Å². The largest absolute Gasteiger partial charge is 0.405 e. The number of anilines is 2. The molecule has 44 heavy (non-hydrogen) atoms. The molecule has 8 nitrogen and oxygen atoms in total. The molecule has 4 N–H and O–H groups in total. The van der Waals surface area contributed by atoms with Gasteiger partial charge in [0.2, 0.25) is 5.91 Å². The minimum absolute atomic E-state index is 0.177. The number of likely N-dealkylation sites (N-methyl/N-ethyl adjacent to an activating group) is 1. The number of carbonyl (C=O) groups is 2. The van der Waals surface area contributed by atoms with Gasteiger partial charge in [0.1, 0.15) is 18.2 Å². The van der Waals surface area contributed by atoms with Crippen molar-refractivity contribution in [2.75, 3.05) is 31.2 Å². The van der Waals surface area contributed by atoms with Gasteiger partial charge in [-0.2, -0.15) is 13.2 Å². The number of pyridine rings is 1. The predicted molar refractivity (Wildman–Crippen MR) is 165 cm³/mol. The maximum Gasteiger partial charge on any atom is 0.405 e. The minimum atomic E-state index is -4.64. The zero-order valence-corrected chi connectivity index (χ0v) is 25.4. The number of aryl methyl sites for hydroxylation is 1. The summed E-state index contributed by atoms with van der Waals surface area (Å²) in [6.45, 7) is -0.581. The Hall–Kier alpha value is -4.23. The molecule has 230 valence electrons. The van der Waals surface area contributed by atoms with Gasteiger partial charge in [0.25, 0.3) is 5.91 Å². The maximum absolute atomic E-state index is 15.2. The van der Waals surface area contributed by atoms with Gasteiger partial charge in [0, 0.05) is 36.6 Å². The summed E-state index contributed by atoms with van der Waals surface area (Å²) in [4.78, 5) is 31.3. The van der Waals surface area contributed by atoms with Crippen molar-refractivity contribution in [1.29, 1.82) is 0 Å². The van der Waals surface area contributed by atoms with Gasteiger partial charge in [0.15, 0.2) is 0 Å². The van der Waals surface area contributed by atoms with Crippen LogP contribution < -0.4 is 16.4 Å². The third-order valence-corrected chi connectivity index (χ3v) is 8.20. The first-order valence-electron chi connectivity index (χ1n) is 13.7. The van der Waals surface area contributed by atoms with Crippen molar-refractivity contribution in [3.05, 3.63) is 76.7 Å². The number of aromatic nitrogens is 2. The minimum Gasteiger partial charge on any atom is -0.383 e. The normalized spacial score (nSPS) is 15.8. The van der Waals surface area contributed by atoms with Crippen molar-refractivity contribution in [3.63, 3.8) is 0 Å². The van der Waals surface area contributed by atoms with Crippen molar-refractivity contribution >= 4 is 50.2 Å². The van der Waals surface area contributed by atoms with Crippen LogP contribution in [0.1, 0.15) is 23.2 Å². The summed E-state index contributed by atoms with van der Waals surface area (Å²) in [6.07, 6.45) is 2.46. The Labute approximate surface area is 259 Å².